The van der Waals surface area contributed by atoms with Crippen LogP contribution in [0, 0.1) is 0 Å². The third-order valence-electron chi connectivity index (χ3n) is 14.5. The van der Waals surface area contributed by atoms with Gasteiger partial charge in [0.2, 0.25) is 0 Å². The Morgan fingerprint density at radius 2 is 0.645 bits per heavy atom. The molecule has 0 spiro atoms. The maximum absolute atomic E-state index is 14.2. The highest BCUT2D eigenvalue weighted by Crippen LogP contribution is 2.44. The van der Waals surface area contributed by atoms with Crippen LogP contribution in [0.15, 0.2) is 21.1 Å². The number of hydrogen-bond donors (Lipinski definition) is 0. The summed E-state index contributed by atoms with van der Waals surface area (Å²) in [7, 11) is -2.54. The molecule has 0 fully saturated rings. The largest absolute Gasteiger partial charge is 0.274 e. The highest BCUT2D eigenvalue weighted by atomic mass is 79.9. The lowest BCUT2D eigenvalue weighted by Crippen LogP contribution is -2.44. The minimum Gasteiger partial charge on any atom is -0.274 e. The van der Waals surface area contributed by atoms with Gasteiger partial charge in [-0.05, 0) is 56.8 Å². The number of halogens is 2. The quantitative estimate of drug-likeness (QED) is 0.0398. The molecular formula is C52H84Br2N2O4Si2. The first-order valence-corrected chi connectivity index (χ1v) is 33.4. The molecule has 0 radical (unpaired) electrons. The molecule has 0 bridgehead atoms. The lowest BCUT2D eigenvalue weighted by Gasteiger charge is -2.33. The molecule has 2 heterocycles. The normalized spacial score (nSPS) is 14.3. The highest BCUT2D eigenvalue weighted by molar-refractivity contribution is 9.10. The number of amides is 4. The van der Waals surface area contributed by atoms with Crippen molar-refractivity contribution in [1.29, 1.82) is 0 Å². The lowest BCUT2D eigenvalue weighted by molar-refractivity contribution is 0.0585. The molecule has 0 aliphatic carbocycles. The zero-order valence-electron chi connectivity index (χ0n) is 40.1. The summed E-state index contributed by atoms with van der Waals surface area (Å²) in [5.41, 5.74) is 1.50. The summed E-state index contributed by atoms with van der Waals surface area (Å²) in [5, 5.41) is 0.859. The minimum atomic E-state index is -1.27. The Bertz CT molecular complexity index is 1630. The van der Waals surface area contributed by atoms with Crippen LogP contribution >= 0.6 is 31.9 Å². The zero-order chi connectivity index (χ0) is 45.1. The van der Waals surface area contributed by atoms with Crippen molar-refractivity contribution in [3.05, 3.63) is 43.3 Å². The highest BCUT2D eigenvalue weighted by Gasteiger charge is 2.42. The van der Waals surface area contributed by atoms with Crippen molar-refractivity contribution < 1.29 is 19.2 Å². The van der Waals surface area contributed by atoms with E-state index in [1.54, 1.807) is 12.1 Å². The summed E-state index contributed by atoms with van der Waals surface area (Å²) in [6.07, 6.45) is 29.7. The van der Waals surface area contributed by atoms with Crippen LogP contribution in [0.25, 0.3) is 10.8 Å². The summed E-state index contributed by atoms with van der Waals surface area (Å²) < 4.78 is 0.997. The fourth-order valence-corrected chi connectivity index (χ4v) is 19.8. The van der Waals surface area contributed by atoms with Gasteiger partial charge in [0.25, 0.3) is 23.6 Å². The second-order valence-corrected chi connectivity index (χ2v) is 32.0. The Morgan fingerprint density at radius 1 is 0.387 bits per heavy atom. The molecule has 2 aromatic carbocycles. The molecule has 2 aromatic rings. The van der Waals surface area contributed by atoms with Gasteiger partial charge in [-0.15, -0.1) is 0 Å². The Kier molecular flexibility index (Phi) is 23.2. The molecule has 62 heavy (non-hydrogen) atoms. The SMILES string of the molecule is CCCCCC[Si](C)(CCCCCC)CCCCCCN1C(=O)c2cc(Br)c3c4c(cc(Br)c(c24)C1=O)C(=O)N(CCCCCC[Si](C)(CCCCCC)CCCCCC)C3=O. The third-order valence-corrected chi connectivity index (χ3v) is 25.2. The van der Waals surface area contributed by atoms with Gasteiger partial charge in [0.05, 0.1) is 27.3 Å². The van der Waals surface area contributed by atoms with Crippen LogP contribution in [-0.4, -0.2) is 62.7 Å². The minimum absolute atomic E-state index is 0.346. The van der Waals surface area contributed by atoms with Gasteiger partial charge in [0.1, 0.15) is 0 Å². The van der Waals surface area contributed by atoms with E-state index in [2.05, 4.69) is 72.6 Å². The van der Waals surface area contributed by atoms with E-state index >= 15 is 0 Å². The number of carbonyl (C=O) groups is 4. The van der Waals surface area contributed by atoms with Crippen molar-refractivity contribution in [2.45, 2.75) is 231 Å². The standard InChI is InChI=1S/C52H84Br2N2O4Si2/c1-7-11-15-25-33-61(5,34-26-16-12-8-2)37-29-21-19-23-31-55-49(57)41-39-44(54)48-46-42(40-43(53)47(45(41)46)51(55)59)50(58)56(52(48)60)32-24-20-22-30-38-62(6,35-27-17-13-9-3)36-28-18-14-10-4/h39-40H,7-38H2,1-6H3. The molecule has 6 nitrogen and oxygen atoms in total. The average molecular weight is 1020 g/mol. The molecule has 0 aromatic heterocycles. The van der Waals surface area contributed by atoms with Gasteiger partial charge in [-0.3, -0.25) is 29.0 Å². The van der Waals surface area contributed by atoms with Crippen LogP contribution in [0.5, 0.6) is 0 Å². The molecule has 0 N–H and O–H groups in total. The second-order valence-electron chi connectivity index (χ2n) is 20.0. The van der Waals surface area contributed by atoms with Gasteiger partial charge >= 0.3 is 0 Å². The van der Waals surface area contributed by atoms with Gasteiger partial charge in [-0.1, -0.05) is 218 Å². The van der Waals surface area contributed by atoms with E-state index in [1.165, 1.54) is 162 Å². The van der Waals surface area contributed by atoms with Crippen molar-refractivity contribution in [3.63, 3.8) is 0 Å². The predicted molar refractivity (Wildman–Crippen MR) is 276 cm³/mol. The summed E-state index contributed by atoms with van der Waals surface area (Å²) in [6.45, 7) is 15.2. The number of benzene rings is 2. The zero-order valence-corrected chi connectivity index (χ0v) is 45.2. The summed E-state index contributed by atoms with van der Waals surface area (Å²) in [4.78, 5) is 59.3. The molecule has 348 valence electrons. The third kappa shape index (κ3) is 14.7. The topological polar surface area (TPSA) is 74.8 Å². The van der Waals surface area contributed by atoms with Gasteiger partial charge < -0.3 is 0 Å². The molecule has 4 rings (SSSR count). The van der Waals surface area contributed by atoms with Crippen molar-refractivity contribution in [2.24, 2.45) is 0 Å². The molecular weight excluding hydrogens is 933 g/mol. The lowest BCUT2D eigenvalue weighted by atomic mass is 9.85. The molecule has 0 saturated carbocycles. The molecule has 0 atom stereocenters. The smallest absolute Gasteiger partial charge is 0.262 e. The van der Waals surface area contributed by atoms with E-state index in [4.69, 9.17) is 0 Å². The van der Waals surface area contributed by atoms with Crippen molar-refractivity contribution >= 4 is 82.4 Å². The molecule has 2 aliphatic rings. The second kappa shape index (κ2) is 27.1. The first kappa shape index (κ1) is 53.0. The van der Waals surface area contributed by atoms with Gasteiger partial charge in [-0.2, -0.15) is 0 Å². The number of rotatable bonds is 34. The van der Waals surface area contributed by atoms with E-state index in [0.717, 1.165) is 38.5 Å². The number of imide groups is 2. The number of carbonyl (C=O) groups excluding carboxylic acids is 4. The van der Waals surface area contributed by atoms with E-state index < -0.39 is 16.1 Å². The van der Waals surface area contributed by atoms with Gasteiger partial charge in [0.15, 0.2) is 0 Å². The number of hydrogen-bond acceptors (Lipinski definition) is 4. The van der Waals surface area contributed by atoms with E-state index in [-0.39, 0.29) is 23.6 Å². The monoisotopic (exact) mass is 1010 g/mol. The maximum atomic E-state index is 14.2. The van der Waals surface area contributed by atoms with Crippen LogP contribution in [0.4, 0.5) is 0 Å². The van der Waals surface area contributed by atoms with Crippen molar-refractivity contribution in [2.75, 3.05) is 13.1 Å². The predicted octanol–water partition coefficient (Wildman–Crippen LogP) is 17.2. The van der Waals surface area contributed by atoms with Gasteiger partial charge in [-0.25, -0.2) is 0 Å². The Hall–Kier alpha value is -1.63. The van der Waals surface area contributed by atoms with Crippen LogP contribution in [0.2, 0.25) is 49.4 Å². The Balaban J connectivity index is 1.35. The van der Waals surface area contributed by atoms with E-state index in [1.807, 2.05) is 0 Å². The summed E-state index contributed by atoms with van der Waals surface area (Å²) >= 11 is 7.31. The fraction of sp³-hybridized carbons (Fsp3) is 0.731. The molecule has 0 saturated heterocycles. The number of nitrogens with zero attached hydrogens (tertiary/aromatic N) is 2. The number of unbranched alkanes of at least 4 members (excludes halogenated alkanes) is 18. The molecule has 0 unspecified atom stereocenters. The van der Waals surface area contributed by atoms with Crippen LogP contribution in [-0.2, 0) is 0 Å². The van der Waals surface area contributed by atoms with Crippen molar-refractivity contribution in [3.8, 4) is 0 Å². The Morgan fingerprint density at radius 3 is 0.919 bits per heavy atom. The van der Waals surface area contributed by atoms with Gasteiger partial charge in [0, 0.05) is 43.9 Å². The fourth-order valence-electron chi connectivity index (χ4n) is 10.5. The van der Waals surface area contributed by atoms with Crippen molar-refractivity contribution in [1.82, 2.24) is 9.80 Å². The van der Waals surface area contributed by atoms with Crippen LogP contribution < -0.4 is 0 Å². The molecule has 10 heteroatoms. The summed E-state index contributed by atoms with van der Waals surface area (Å²) in [5.74, 6) is -1.39. The van der Waals surface area contributed by atoms with Crippen LogP contribution in [0.1, 0.15) is 223 Å². The van der Waals surface area contributed by atoms with Crippen LogP contribution in [0.3, 0.4) is 0 Å². The first-order valence-electron chi connectivity index (χ1n) is 25.6. The Labute approximate surface area is 396 Å². The summed E-state index contributed by atoms with van der Waals surface area (Å²) in [6, 6.07) is 12.0. The molecule has 2 aliphatic heterocycles. The molecule has 4 amide bonds. The maximum Gasteiger partial charge on any atom is 0.262 e. The van der Waals surface area contributed by atoms with E-state index in [9.17, 15) is 19.2 Å². The van der Waals surface area contributed by atoms with E-state index in [0.29, 0.717) is 55.1 Å². The first-order chi connectivity index (χ1) is 29.9. The average Bonchev–Trinajstić information content (AvgIpc) is 3.24.